The summed E-state index contributed by atoms with van der Waals surface area (Å²) in [4.78, 5) is 5.00. The fourth-order valence-electron chi connectivity index (χ4n) is 1.90. The number of hydrogen-bond donors (Lipinski definition) is 1. The van der Waals surface area contributed by atoms with Crippen molar-refractivity contribution >= 4 is 38.8 Å². The van der Waals surface area contributed by atoms with E-state index in [0.717, 1.165) is 26.4 Å². The molecule has 0 atom stereocenters. The van der Waals surface area contributed by atoms with E-state index < -0.39 is 0 Å². The third kappa shape index (κ3) is 2.50. The molecule has 2 N–H and O–H groups in total. The van der Waals surface area contributed by atoms with Crippen LogP contribution in [0.5, 0.6) is 5.75 Å². The van der Waals surface area contributed by atoms with Gasteiger partial charge >= 0.3 is 0 Å². The highest BCUT2D eigenvalue weighted by Crippen LogP contribution is 2.32. The number of aromatic nitrogens is 1. The van der Waals surface area contributed by atoms with Gasteiger partial charge in [0.15, 0.2) is 5.13 Å². The van der Waals surface area contributed by atoms with Gasteiger partial charge in [0.2, 0.25) is 0 Å². The first-order valence-electron chi connectivity index (χ1n) is 5.74. The van der Waals surface area contributed by atoms with Crippen LogP contribution in [0.1, 0.15) is 4.88 Å². The van der Waals surface area contributed by atoms with Crippen LogP contribution < -0.4 is 10.5 Å². The molecule has 0 saturated carbocycles. The van der Waals surface area contributed by atoms with Gasteiger partial charge in [0.05, 0.1) is 4.88 Å². The smallest absolute Gasteiger partial charge is 0.180 e. The average molecular weight is 291 g/mol. The quantitative estimate of drug-likeness (QED) is 0.789. The van der Waals surface area contributed by atoms with Crippen molar-refractivity contribution < 1.29 is 4.74 Å². The van der Waals surface area contributed by atoms with Gasteiger partial charge in [0, 0.05) is 22.0 Å². The van der Waals surface area contributed by atoms with Crippen molar-refractivity contribution in [1.82, 2.24) is 4.98 Å². The van der Waals surface area contributed by atoms with Crippen molar-refractivity contribution in [3.05, 3.63) is 52.5 Å². The fourth-order valence-corrected chi connectivity index (χ4v) is 2.72. The molecule has 2 aromatic carbocycles. The van der Waals surface area contributed by atoms with Crippen molar-refractivity contribution in [3.63, 3.8) is 0 Å². The van der Waals surface area contributed by atoms with Gasteiger partial charge in [-0.05, 0) is 12.1 Å². The third-order valence-corrected chi connectivity index (χ3v) is 3.90. The molecule has 0 aliphatic carbocycles. The Hall–Kier alpha value is -1.78. The summed E-state index contributed by atoms with van der Waals surface area (Å²) in [5, 5.41) is 3.28. The molecule has 5 heteroatoms. The summed E-state index contributed by atoms with van der Waals surface area (Å²) < 4.78 is 5.83. The van der Waals surface area contributed by atoms with Gasteiger partial charge in [-0.2, -0.15) is 0 Å². The molecule has 1 heterocycles. The van der Waals surface area contributed by atoms with E-state index in [9.17, 15) is 0 Å². The lowest BCUT2D eigenvalue weighted by molar-refractivity contribution is 0.313. The summed E-state index contributed by atoms with van der Waals surface area (Å²) in [5.41, 5.74) is 5.59. The minimum atomic E-state index is 0.459. The van der Waals surface area contributed by atoms with Gasteiger partial charge in [-0.1, -0.05) is 47.2 Å². The largest absolute Gasteiger partial charge is 0.487 e. The number of benzene rings is 2. The summed E-state index contributed by atoms with van der Waals surface area (Å²) >= 11 is 7.60. The number of anilines is 1. The van der Waals surface area contributed by atoms with Crippen molar-refractivity contribution in [1.29, 1.82) is 0 Å². The Kier molecular flexibility index (Phi) is 3.27. The molecule has 0 radical (unpaired) electrons. The second-order valence-corrected chi connectivity index (χ2v) is 5.60. The van der Waals surface area contributed by atoms with E-state index in [2.05, 4.69) is 4.98 Å². The zero-order chi connectivity index (χ0) is 13.2. The Morgan fingerprint density at radius 2 is 1.95 bits per heavy atom. The van der Waals surface area contributed by atoms with Gasteiger partial charge in [-0.15, -0.1) is 0 Å². The minimum absolute atomic E-state index is 0.459. The Morgan fingerprint density at radius 1 is 1.16 bits per heavy atom. The molecule has 0 bridgehead atoms. The van der Waals surface area contributed by atoms with Crippen molar-refractivity contribution in [2.24, 2.45) is 0 Å². The van der Waals surface area contributed by atoms with Gasteiger partial charge in [0.1, 0.15) is 12.4 Å². The number of ether oxygens (including phenoxy) is 1. The van der Waals surface area contributed by atoms with Gasteiger partial charge in [0.25, 0.3) is 0 Å². The van der Waals surface area contributed by atoms with Crippen LogP contribution in [0.2, 0.25) is 5.02 Å². The number of nitrogens with zero attached hydrogens (tertiary/aromatic N) is 1. The number of rotatable bonds is 3. The minimum Gasteiger partial charge on any atom is -0.487 e. The van der Waals surface area contributed by atoms with Crippen molar-refractivity contribution in [2.45, 2.75) is 6.61 Å². The van der Waals surface area contributed by atoms with E-state index in [4.69, 9.17) is 22.1 Å². The van der Waals surface area contributed by atoms with Crippen LogP contribution in [0.4, 0.5) is 5.13 Å². The standard InChI is InChI=1S/C14H11ClN2OS/c15-12-5-6-13(11-4-2-1-3-10(11)12)18-8-9-7-17-14(16)19-9/h1-7H,8H2,(H2,16,17). The molecule has 0 fully saturated rings. The maximum Gasteiger partial charge on any atom is 0.180 e. The Bertz CT molecular complexity index is 726. The third-order valence-electron chi connectivity index (χ3n) is 2.77. The molecule has 0 amide bonds. The summed E-state index contributed by atoms with van der Waals surface area (Å²) in [6.07, 6.45) is 1.73. The number of nitrogen functional groups attached to an aromatic ring is 1. The molecule has 0 unspecified atom stereocenters. The zero-order valence-corrected chi connectivity index (χ0v) is 11.5. The molecule has 96 valence electrons. The Labute approximate surface area is 119 Å². The lowest BCUT2D eigenvalue weighted by Crippen LogP contribution is -1.93. The van der Waals surface area contributed by atoms with E-state index in [-0.39, 0.29) is 0 Å². The highest BCUT2D eigenvalue weighted by molar-refractivity contribution is 7.15. The molecule has 3 nitrogen and oxygen atoms in total. The number of thiazole rings is 1. The summed E-state index contributed by atoms with van der Waals surface area (Å²) in [6.45, 7) is 0.459. The lowest BCUT2D eigenvalue weighted by atomic mass is 10.1. The SMILES string of the molecule is Nc1ncc(COc2ccc(Cl)c3ccccc23)s1. The number of halogens is 1. The average Bonchev–Trinajstić information content (AvgIpc) is 2.84. The van der Waals surface area contributed by atoms with Gasteiger partial charge in [-0.3, -0.25) is 0 Å². The zero-order valence-electron chi connectivity index (χ0n) is 9.97. The molecular formula is C14H11ClN2OS. The first-order valence-corrected chi connectivity index (χ1v) is 6.94. The predicted octanol–water partition coefficient (Wildman–Crippen LogP) is 4.11. The molecule has 0 spiro atoms. The first-order chi connectivity index (χ1) is 9.24. The molecule has 0 aliphatic rings. The molecule has 19 heavy (non-hydrogen) atoms. The highest BCUT2D eigenvalue weighted by Gasteiger charge is 2.06. The molecule has 1 aromatic heterocycles. The van der Waals surface area contributed by atoms with Crippen LogP contribution in [-0.2, 0) is 6.61 Å². The van der Waals surface area contributed by atoms with E-state index in [1.165, 1.54) is 11.3 Å². The number of fused-ring (bicyclic) bond motifs is 1. The first kappa shape index (κ1) is 12.3. The highest BCUT2D eigenvalue weighted by atomic mass is 35.5. The Morgan fingerprint density at radius 3 is 2.68 bits per heavy atom. The normalized spacial score (nSPS) is 10.8. The maximum atomic E-state index is 6.17. The summed E-state index contributed by atoms with van der Waals surface area (Å²) in [6, 6.07) is 11.6. The number of hydrogen-bond acceptors (Lipinski definition) is 4. The van der Waals surface area contributed by atoms with E-state index in [0.29, 0.717) is 11.7 Å². The van der Waals surface area contributed by atoms with E-state index in [1.807, 2.05) is 36.4 Å². The van der Waals surface area contributed by atoms with Crippen LogP contribution >= 0.6 is 22.9 Å². The summed E-state index contributed by atoms with van der Waals surface area (Å²) in [5.74, 6) is 0.812. The van der Waals surface area contributed by atoms with Crippen LogP contribution in [0.15, 0.2) is 42.6 Å². The van der Waals surface area contributed by atoms with Crippen molar-refractivity contribution in [3.8, 4) is 5.75 Å². The van der Waals surface area contributed by atoms with Crippen molar-refractivity contribution in [2.75, 3.05) is 5.73 Å². The molecule has 0 saturated heterocycles. The van der Waals surface area contributed by atoms with Crippen LogP contribution in [0.25, 0.3) is 10.8 Å². The monoisotopic (exact) mass is 290 g/mol. The second-order valence-electron chi connectivity index (χ2n) is 4.04. The fraction of sp³-hybridized carbons (Fsp3) is 0.0714. The van der Waals surface area contributed by atoms with Crippen LogP contribution in [-0.4, -0.2) is 4.98 Å². The summed E-state index contributed by atoms with van der Waals surface area (Å²) in [7, 11) is 0. The maximum absolute atomic E-state index is 6.17. The van der Waals surface area contributed by atoms with Crippen LogP contribution in [0, 0.1) is 0 Å². The predicted molar refractivity (Wildman–Crippen MR) is 79.8 cm³/mol. The van der Waals surface area contributed by atoms with Gasteiger partial charge < -0.3 is 10.5 Å². The van der Waals surface area contributed by atoms with E-state index >= 15 is 0 Å². The molecule has 0 aliphatic heterocycles. The topological polar surface area (TPSA) is 48.1 Å². The Balaban J connectivity index is 1.91. The van der Waals surface area contributed by atoms with Crippen LogP contribution in [0.3, 0.4) is 0 Å². The van der Waals surface area contributed by atoms with Gasteiger partial charge in [-0.25, -0.2) is 4.98 Å². The molecular weight excluding hydrogens is 280 g/mol. The lowest BCUT2D eigenvalue weighted by Gasteiger charge is -2.09. The number of nitrogens with two attached hydrogens (primary N) is 1. The van der Waals surface area contributed by atoms with E-state index in [1.54, 1.807) is 6.20 Å². The second kappa shape index (κ2) is 5.07. The molecule has 3 rings (SSSR count). The molecule has 3 aromatic rings.